The third-order valence-corrected chi connectivity index (χ3v) is 4.59. The molecule has 0 spiro atoms. The van der Waals surface area contributed by atoms with Crippen LogP contribution in [0.1, 0.15) is 49.5 Å². The molecule has 1 aromatic rings. The summed E-state index contributed by atoms with van der Waals surface area (Å²) in [5.74, 6) is -0.621. The molecule has 0 aliphatic heterocycles. The molecule has 0 radical (unpaired) electrons. The summed E-state index contributed by atoms with van der Waals surface area (Å²) in [6, 6.07) is 5.78. The van der Waals surface area contributed by atoms with E-state index in [1.807, 2.05) is 6.92 Å². The van der Waals surface area contributed by atoms with Crippen LogP contribution in [0.2, 0.25) is 0 Å². The maximum atomic E-state index is 12.0. The van der Waals surface area contributed by atoms with Crippen LogP contribution in [0.25, 0.3) is 0 Å². The first-order chi connectivity index (χ1) is 9.69. The van der Waals surface area contributed by atoms with Crippen molar-refractivity contribution in [2.45, 2.75) is 45.4 Å². The van der Waals surface area contributed by atoms with Crippen LogP contribution in [0.15, 0.2) is 24.3 Å². The van der Waals surface area contributed by atoms with Gasteiger partial charge in [-0.3, -0.25) is 0 Å². The zero-order chi connectivity index (χ0) is 16.0. The minimum Gasteiger partial charge on any atom is -0.478 e. The zero-order valence-corrected chi connectivity index (χ0v) is 13.5. The number of aromatic carboxylic acids is 1. The largest absolute Gasteiger partial charge is 0.478 e. The Morgan fingerprint density at radius 1 is 1.14 bits per heavy atom. The molecular weight excluding hydrogens is 290 g/mol. The molecule has 2 N–H and O–H groups in total. The van der Waals surface area contributed by atoms with Gasteiger partial charge in [0.05, 0.1) is 11.3 Å². The van der Waals surface area contributed by atoms with E-state index >= 15 is 0 Å². The summed E-state index contributed by atoms with van der Waals surface area (Å²) < 4.78 is 26.7. The van der Waals surface area contributed by atoms with Gasteiger partial charge in [-0.15, -0.1) is 0 Å². The van der Waals surface area contributed by atoms with Crippen LogP contribution in [0.5, 0.6) is 0 Å². The van der Waals surface area contributed by atoms with E-state index in [-0.39, 0.29) is 17.4 Å². The lowest BCUT2D eigenvalue weighted by Gasteiger charge is -2.15. The lowest BCUT2D eigenvalue weighted by molar-refractivity contribution is 0.0697. The molecule has 0 saturated heterocycles. The Kier molecular flexibility index (Phi) is 6.36. The fraction of sp³-hybridized carbons (Fsp3) is 0.533. The average Bonchev–Trinajstić information content (AvgIpc) is 2.35. The van der Waals surface area contributed by atoms with Gasteiger partial charge in [0.15, 0.2) is 0 Å². The topological polar surface area (TPSA) is 83.5 Å². The molecule has 5 nitrogen and oxygen atoms in total. The highest BCUT2D eigenvalue weighted by atomic mass is 32.2. The summed E-state index contributed by atoms with van der Waals surface area (Å²) >= 11 is 0. The molecule has 21 heavy (non-hydrogen) atoms. The second kappa shape index (κ2) is 7.56. The number of carbonyl (C=O) groups is 1. The van der Waals surface area contributed by atoms with Crippen LogP contribution < -0.4 is 4.72 Å². The number of sulfonamides is 1. The molecule has 118 valence electrons. The molecule has 1 aromatic carbocycles. The molecule has 1 unspecified atom stereocenters. The predicted octanol–water partition coefficient (Wildman–Crippen LogP) is 2.63. The van der Waals surface area contributed by atoms with Gasteiger partial charge in [-0.1, -0.05) is 26.0 Å². The molecule has 0 saturated carbocycles. The Morgan fingerprint density at radius 3 is 2.19 bits per heavy atom. The van der Waals surface area contributed by atoms with Crippen molar-refractivity contribution in [1.82, 2.24) is 4.72 Å². The van der Waals surface area contributed by atoms with Crippen molar-refractivity contribution in [2.75, 3.05) is 0 Å². The first kappa shape index (κ1) is 17.7. The van der Waals surface area contributed by atoms with E-state index < -0.39 is 16.0 Å². The Labute approximate surface area is 126 Å². The molecule has 6 heteroatoms. The molecule has 0 fully saturated rings. The van der Waals surface area contributed by atoms with E-state index in [0.717, 1.165) is 12.8 Å². The van der Waals surface area contributed by atoms with Crippen molar-refractivity contribution in [2.24, 2.45) is 5.92 Å². The quantitative estimate of drug-likeness (QED) is 0.773. The molecule has 0 aliphatic rings. The fourth-order valence-electron chi connectivity index (χ4n) is 1.95. The van der Waals surface area contributed by atoms with E-state index in [1.165, 1.54) is 24.3 Å². The van der Waals surface area contributed by atoms with Gasteiger partial charge in [0, 0.05) is 6.04 Å². The lowest BCUT2D eigenvalue weighted by atomic mass is 10.1. The molecule has 0 aliphatic carbocycles. The molecule has 1 rings (SSSR count). The Morgan fingerprint density at radius 2 is 1.71 bits per heavy atom. The van der Waals surface area contributed by atoms with Crippen molar-refractivity contribution in [3.8, 4) is 0 Å². The van der Waals surface area contributed by atoms with Gasteiger partial charge in [-0.2, -0.15) is 0 Å². The SMILES string of the molecule is CC(C)CCC(C)NS(=O)(=O)Cc1ccc(C(=O)O)cc1. The van der Waals surface area contributed by atoms with Crippen LogP contribution in [0.4, 0.5) is 0 Å². The summed E-state index contributed by atoms with van der Waals surface area (Å²) in [5, 5.41) is 8.80. The van der Waals surface area contributed by atoms with Crippen LogP contribution in [-0.2, 0) is 15.8 Å². The smallest absolute Gasteiger partial charge is 0.335 e. The van der Waals surface area contributed by atoms with Gasteiger partial charge in [-0.25, -0.2) is 17.9 Å². The second-order valence-corrected chi connectivity index (χ2v) is 7.51. The monoisotopic (exact) mass is 313 g/mol. The average molecular weight is 313 g/mol. The zero-order valence-electron chi connectivity index (χ0n) is 12.7. The number of carboxylic acids is 1. The fourth-order valence-corrected chi connectivity index (χ4v) is 3.40. The van der Waals surface area contributed by atoms with E-state index in [1.54, 1.807) is 0 Å². The summed E-state index contributed by atoms with van der Waals surface area (Å²) in [4.78, 5) is 10.7. The molecule has 0 amide bonds. The van der Waals surface area contributed by atoms with Crippen LogP contribution in [0, 0.1) is 5.92 Å². The van der Waals surface area contributed by atoms with Gasteiger partial charge < -0.3 is 5.11 Å². The first-order valence-corrected chi connectivity index (χ1v) is 8.67. The Hall–Kier alpha value is -1.40. The number of hydrogen-bond donors (Lipinski definition) is 2. The molecular formula is C15H23NO4S. The van der Waals surface area contributed by atoms with Crippen LogP contribution >= 0.6 is 0 Å². The van der Waals surface area contributed by atoms with Crippen molar-refractivity contribution in [1.29, 1.82) is 0 Å². The van der Waals surface area contributed by atoms with Crippen molar-refractivity contribution >= 4 is 16.0 Å². The Bertz CT molecular complexity index is 564. The number of benzene rings is 1. The van der Waals surface area contributed by atoms with Crippen molar-refractivity contribution in [3.63, 3.8) is 0 Å². The minimum absolute atomic E-state index is 0.101. The molecule has 0 aromatic heterocycles. The molecule has 0 bridgehead atoms. The third-order valence-electron chi connectivity index (χ3n) is 3.12. The van der Waals surface area contributed by atoms with Gasteiger partial charge >= 0.3 is 5.97 Å². The highest BCUT2D eigenvalue weighted by Gasteiger charge is 2.16. The summed E-state index contributed by atoms with van der Waals surface area (Å²) in [7, 11) is -3.41. The summed E-state index contributed by atoms with van der Waals surface area (Å²) in [6.07, 6.45) is 1.77. The minimum atomic E-state index is -3.41. The first-order valence-electron chi connectivity index (χ1n) is 7.02. The number of rotatable bonds is 8. The standard InChI is InChI=1S/C15H23NO4S/c1-11(2)4-5-12(3)16-21(19,20)10-13-6-8-14(9-7-13)15(17)18/h6-9,11-12,16H,4-5,10H2,1-3H3,(H,17,18). The van der Waals surface area contributed by atoms with E-state index in [4.69, 9.17) is 5.11 Å². The lowest BCUT2D eigenvalue weighted by Crippen LogP contribution is -2.33. The van der Waals surface area contributed by atoms with Crippen LogP contribution in [0.3, 0.4) is 0 Å². The maximum Gasteiger partial charge on any atom is 0.335 e. The van der Waals surface area contributed by atoms with Crippen LogP contribution in [-0.4, -0.2) is 25.5 Å². The van der Waals surface area contributed by atoms with Gasteiger partial charge in [-0.05, 0) is 43.4 Å². The second-order valence-electron chi connectivity index (χ2n) is 5.75. The highest BCUT2D eigenvalue weighted by Crippen LogP contribution is 2.11. The Balaban J connectivity index is 2.61. The van der Waals surface area contributed by atoms with Gasteiger partial charge in [0.2, 0.25) is 10.0 Å². The van der Waals surface area contributed by atoms with Crippen molar-refractivity contribution < 1.29 is 18.3 Å². The van der Waals surface area contributed by atoms with Crippen molar-refractivity contribution in [3.05, 3.63) is 35.4 Å². The van der Waals surface area contributed by atoms with Gasteiger partial charge in [0.1, 0.15) is 0 Å². The number of hydrogen-bond acceptors (Lipinski definition) is 3. The highest BCUT2D eigenvalue weighted by molar-refractivity contribution is 7.88. The van der Waals surface area contributed by atoms with E-state index in [2.05, 4.69) is 18.6 Å². The number of nitrogens with one attached hydrogen (secondary N) is 1. The number of carboxylic acid groups (broad SMARTS) is 1. The summed E-state index contributed by atoms with van der Waals surface area (Å²) in [6.45, 7) is 6.06. The van der Waals surface area contributed by atoms with Gasteiger partial charge in [0.25, 0.3) is 0 Å². The third kappa shape index (κ3) is 6.73. The normalized spacial score (nSPS) is 13.3. The summed E-state index contributed by atoms with van der Waals surface area (Å²) in [5.41, 5.74) is 0.720. The molecule has 1 atom stereocenters. The molecule has 0 heterocycles. The maximum absolute atomic E-state index is 12.0. The van der Waals surface area contributed by atoms with E-state index in [9.17, 15) is 13.2 Å². The predicted molar refractivity (Wildman–Crippen MR) is 82.7 cm³/mol. The van der Waals surface area contributed by atoms with E-state index in [0.29, 0.717) is 11.5 Å².